The molecule has 21 heavy (non-hydrogen) atoms. The van der Waals surface area contributed by atoms with E-state index >= 15 is 0 Å². The fourth-order valence-electron chi connectivity index (χ4n) is 1.48. The minimum Gasteiger partial charge on any atom is -0.452 e. The van der Waals surface area contributed by atoms with E-state index in [4.69, 9.17) is 4.74 Å². The molecule has 0 aromatic heterocycles. The molecular formula is C15H18N2O4. The van der Waals surface area contributed by atoms with Crippen LogP contribution in [0.4, 0.5) is 5.69 Å². The van der Waals surface area contributed by atoms with Crippen molar-refractivity contribution >= 4 is 23.5 Å². The number of benzene rings is 1. The SMILES string of the molecule is CC/C=C/C(=O)OCC(=O)Nc1cccc(C(=O)NC)c1. The van der Waals surface area contributed by atoms with Gasteiger partial charge in [0.1, 0.15) is 0 Å². The zero-order valence-electron chi connectivity index (χ0n) is 12.0. The average molecular weight is 290 g/mol. The van der Waals surface area contributed by atoms with Crippen molar-refractivity contribution in [2.75, 3.05) is 19.0 Å². The molecule has 0 saturated heterocycles. The number of nitrogens with one attached hydrogen (secondary N) is 2. The van der Waals surface area contributed by atoms with Crippen LogP contribution in [0.5, 0.6) is 0 Å². The Morgan fingerprint density at radius 1 is 1.29 bits per heavy atom. The summed E-state index contributed by atoms with van der Waals surface area (Å²) in [5, 5.41) is 5.05. The molecule has 0 aliphatic carbocycles. The minimum absolute atomic E-state index is 0.248. The lowest BCUT2D eigenvalue weighted by Gasteiger charge is -2.07. The first-order valence-corrected chi connectivity index (χ1v) is 6.52. The van der Waals surface area contributed by atoms with Crippen LogP contribution in [-0.2, 0) is 14.3 Å². The first-order chi connectivity index (χ1) is 10.1. The Kier molecular flexibility index (Phi) is 6.67. The molecule has 0 aliphatic heterocycles. The van der Waals surface area contributed by atoms with Gasteiger partial charge in [-0.15, -0.1) is 0 Å². The maximum Gasteiger partial charge on any atom is 0.330 e. The van der Waals surface area contributed by atoms with E-state index in [1.807, 2.05) is 6.92 Å². The van der Waals surface area contributed by atoms with Crippen molar-refractivity contribution in [3.8, 4) is 0 Å². The van der Waals surface area contributed by atoms with Crippen molar-refractivity contribution in [3.05, 3.63) is 42.0 Å². The highest BCUT2D eigenvalue weighted by Crippen LogP contribution is 2.10. The van der Waals surface area contributed by atoms with E-state index in [9.17, 15) is 14.4 Å². The number of amides is 2. The molecule has 112 valence electrons. The van der Waals surface area contributed by atoms with Gasteiger partial charge in [0.25, 0.3) is 11.8 Å². The highest BCUT2D eigenvalue weighted by atomic mass is 16.5. The molecule has 0 unspecified atom stereocenters. The molecule has 0 saturated carbocycles. The number of carbonyl (C=O) groups is 3. The van der Waals surface area contributed by atoms with E-state index < -0.39 is 11.9 Å². The number of allylic oxidation sites excluding steroid dienone is 1. The van der Waals surface area contributed by atoms with Gasteiger partial charge in [-0.2, -0.15) is 0 Å². The first kappa shape index (κ1) is 16.4. The van der Waals surface area contributed by atoms with Gasteiger partial charge >= 0.3 is 5.97 Å². The molecule has 0 atom stereocenters. The molecule has 0 radical (unpaired) electrons. The minimum atomic E-state index is -0.564. The van der Waals surface area contributed by atoms with Crippen LogP contribution in [0.25, 0.3) is 0 Å². The van der Waals surface area contributed by atoms with Crippen LogP contribution >= 0.6 is 0 Å². The molecule has 2 N–H and O–H groups in total. The third-order valence-electron chi connectivity index (χ3n) is 2.47. The molecule has 1 rings (SSSR count). The van der Waals surface area contributed by atoms with E-state index in [0.717, 1.165) is 0 Å². The topological polar surface area (TPSA) is 84.5 Å². The van der Waals surface area contributed by atoms with E-state index in [-0.39, 0.29) is 12.5 Å². The third kappa shape index (κ3) is 5.90. The van der Waals surface area contributed by atoms with Crippen LogP contribution in [0.3, 0.4) is 0 Å². The van der Waals surface area contributed by atoms with Crippen molar-refractivity contribution in [1.29, 1.82) is 0 Å². The predicted molar refractivity (Wildman–Crippen MR) is 78.9 cm³/mol. The summed E-state index contributed by atoms with van der Waals surface area (Å²) in [4.78, 5) is 34.3. The second kappa shape index (κ2) is 8.52. The maximum absolute atomic E-state index is 11.6. The van der Waals surface area contributed by atoms with Crippen molar-refractivity contribution in [3.63, 3.8) is 0 Å². The van der Waals surface area contributed by atoms with Gasteiger partial charge in [0.05, 0.1) is 0 Å². The second-order valence-electron chi connectivity index (χ2n) is 4.13. The standard InChI is InChI=1S/C15H18N2O4/c1-3-4-8-14(19)21-10-13(18)17-12-7-5-6-11(9-12)15(20)16-2/h4-9H,3,10H2,1-2H3,(H,16,20)(H,17,18)/b8-4+. The van der Waals surface area contributed by atoms with Gasteiger partial charge < -0.3 is 15.4 Å². The lowest BCUT2D eigenvalue weighted by molar-refractivity contribution is -0.142. The first-order valence-electron chi connectivity index (χ1n) is 6.52. The summed E-state index contributed by atoms with van der Waals surface area (Å²) < 4.78 is 4.76. The Hall–Kier alpha value is -2.63. The Balaban J connectivity index is 2.53. The highest BCUT2D eigenvalue weighted by molar-refractivity contribution is 5.97. The Bertz CT molecular complexity index is 552. The zero-order valence-corrected chi connectivity index (χ0v) is 12.0. The monoisotopic (exact) mass is 290 g/mol. The van der Waals surface area contributed by atoms with Crippen molar-refractivity contribution in [1.82, 2.24) is 5.32 Å². The van der Waals surface area contributed by atoms with Gasteiger partial charge in [0.15, 0.2) is 6.61 Å². The average Bonchev–Trinajstić information content (AvgIpc) is 2.50. The van der Waals surface area contributed by atoms with Crippen LogP contribution < -0.4 is 10.6 Å². The van der Waals surface area contributed by atoms with Crippen LogP contribution in [0.15, 0.2) is 36.4 Å². The fraction of sp³-hybridized carbons (Fsp3) is 0.267. The molecule has 0 spiro atoms. The van der Waals surface area contributed by atoms with Gasteiger partial charge in [-0.05, 0) is 24.6 Å². The van der Waals surface area contributed by atoms with Gasteiger partial charge in [0.2, 0.25) is 0 Å². The van der Waals surface area contributed by atoms with Crippen LogP contribution in [0.1, 0.15) is 23.7 Å². The Morgan fingerprint density at radius 2 is 2.05 bits per heavy atom. The number of esters is 1. The largest absolute Gasteiger partial charge is 0.452 e. The molecule has 0 bridgehead atoms. The second-order valence-corrected chi connectivity index (χ2v) is 4.13. The lowest BCUT2D eigenvalue weighted by Crippen LogP contribution is -2.21. The summed E-state index contributed by atoms with van der Waals surface area (Å²) >= 11 is 0. The number of hydrogen-bond donors (Lipinski definition) is 2. The normalized spacial score (nSPS) is 10.2. The quantitative estimate of drug-likeness (QED) is 0.614. The van der Waals surface area contributed by atoms with Crippen LogP contribution in [-0.4, -0.2) is 31.4 Å². The molecule has 0 fully saturated rings. The summed E-state index contributed by atoms with van der Waals surface area (Å²) in [6, 6.07) is 6.46. The zero-order chi connectivity index (χ0) is 15.7. The molecule has 0 aliphatic rings. The third-order valence-corrected chi connectivity index (χ3v) is 2.47. The number of hydrogen-bond acceptors (Lipinski definition) is 4. The summed E-state index contributed by atoms with van der Waals surface area (Å²) in [5.74, 6) is -1.28. The predicted octanol–water partition coefficient (Wildman–Crippen LogP) is 1.49. The van der Waals surface area contributed by atoms with E-state index in [0.29, 0.717) is 17.7 Å². The van der Waals surface area contributed by atoms with Crippen LogP contribution in [0, 0.1) is 0 Å². The van der Waals surface area contributed by atoms with E-state index in [1.54, 1.807) is 24.3 Å². The number of carbonyl (C=O) groups excluding carboxylic acids is 3. The number of rotatable bonds is 6. The highest BCUT2D eigenvalue weighted by Gasteiger charge is 2.08. The summed E-state index contributed by atoms with van der Waals surface area (Å²) in [6.45, 7) is 1.51. The van der Waals surface area contributed by atoms with E-state index in [1.165, 1.54) is 19.2 Å². The van der Waals surface area contributed by atoms with Gasteiger partial charge in [-0.25, -0.2) is 4.79 Å². The molecular weight excluding hydrogens is 272 g/mol. The molecule has 6 heteroatoms. The fourth-order valence-corrected chi connectivity index (χ4v) is 1.48. The smallest absolute Gasteiger partial charge is 0.330 e. The molecule has 1 aromatic rings. The Labute approximate surface area is 123 Å². The van der Waals surface area contributed by atoms with E-state index in [2.05, 4.69) is 10.6 Å². The van der Waals surface area contributed by atoms with Crippen molar-refractivity contribution in [2.45, 2.75) is 13.3 Å². The maximum atomic E-state index is 11.6. The Morgan fingerprint density at radius 3 is 2.71 bits per heavy atom. The van der Waals surface area contributed by atoms with Crippen molar-refractivity contribution < 1.29 is 19.1 Å². The molecule has 6 nitrogen and oxygen atoms in total. The summed E-state index contributed by atoms with van der Waals surface area (Å²) in [5.41, 5.74) is 0.888. The number of ether oxygens (including phenoxy) is 1. The summed E-state index contributed by atoms with van der Waals surface area (Å²) in [6.07, 6.45) is 3.64. The molecule has 1 aromatic carbocycles. The molecule has 0 heterocycles. The van der Waals surface area contributed by atoms with Gasteiger partial charge in [0, 0.05) is 24.4 Å². The summed E-state index contributed by atoms with van der Waals surface area (Å²) in [7, 11) is 1.52. The van der Waals surface area contributed by atoms with Crippen LogP contribution in [0.2, 0.25) is 0 Å². The van der Waals surface area contributed by atoms with Crippen molar-refractivity contribution in [2.24, 2.45) is 0 Å². The molecule has 2 amide bonds. The lowest BCUT2D eigenvalue weighted by atomic mass is 10.2. The van der Waals surface area contributed by atoms with Gasteiger partial charge in [-0.1, -0.05) is 19.1 Å². The number of anilines is 1. The van der Waals surface area contributed by atoms with Gasteiger partial charge in [-0.3, -0.25) is 9.59 Å².